The number of hydrogen-bond donors (Lipinski definition) is 1. The van der Waals surface area contributed by atoms with Gasteiger partial charge in [0.1, 0.15) is 5.84 Å². The molecule has 0 amide bonds. The summed E-state index contributed by atoms with van der Waals surface area (Å²) in [5.41, 5.74) is 1.69. The van der Waals surface area contributed by atoms with Crippen molar-refractivity contribution < 1.29 is 0 Å². The standard InChI is InChI=1S/C11H11N3/c12-8-9-3-5-10(6-4-9)14-7-1-2-11(14)13/h3-6,13H,1-2,7H2. The number of nitrogens with one attached hydrogen (secondary N) is 1. The highest BCUT2D eigenvalue weighted by atomic mass is 15.2. The zero-order valence-corrected chi connectivity index (χ0v) is 7.83. The minimum absolute atomic E-state index is 0.666. The van der Waals surface area contributed by atoms with Crippen LogP contribution in [0.3, 0.4) is 0 Å². The second kappa shape index (κ2) is 3.51. The third kappa shape index (κ3) is 1.47. The lowest BCUT2D eigenvalue weighted by molar-refractivity contribution is 0.956. The van der Waals surface area contributed by atoms with Crippen molar-refractivity contribution in [3.05, 3.63) is 29.8 Å². The molecule has 1 aliphatic rings. The van der Waals surface area contributed by atoms with Crippen molar-refractivity contribution in [1.82, 2.24) is 0 Å². The summed E-state index contributed by atoms with van der Waals surface area (Å²) in [5, 5.41) is 16.3. The van der Waals surface area contributed by atoms with Gasteiger partial charge in [0.05, 0.1) is 11.6 Å². The number of anilines is 1. The summed E-state index contributed by atoms with van der Waals surface area (Å²) in [6.45, 7) is 0.921. The molecule has 0 unspecified atom stereocenters. The molecule has 1 aliphatic heterocycles. The second-order valence-corrected chi connectivity index (χ2v) is 3.36. The maximum Gasteiger partial charge on any atom is 0.100 e. The fourth-order valence-corrected chi connectivity index (χ4v) is 1.68. The molecular weight excluding hydrogens is 174 g/mol. The van der Waals surface area contributed by atoms with Crippen LogP contribution in [0.2, 0.25) is 0 Å². The van der Waals surface area contributed by atoms with Crippen LogP contribution in [0, 0.1) is 16.7 Å². The minimum Gasteiger partial charge on any atom is -0.330 e. The molecule has 0 atom stereocenters. The van der Waals surface area contributed by atoms with E-state index in [1.807, 2.05) is 17.0 Å². The molecule has 0 aromatic heterocycles. The molecule has 1 fully saturated rings. The first kappa shape index (κ1) is 8.76. The van der Waals surface area contributed by atoms with E-state index in [-0.39, 0.29) is 0 Å². The van der Waals surface area contributed by atoms with E-state index < -0.39 is 0 Å². The molecule has 0 bridgehead atoms. The van der Waals surface area contributed by atoms with Crippen LogP contribution in [0.5, 0.6) is 0 Å². The van der Waals surface area contributed by atoms with Gasteiger partial charge >= 0.3 is 0 Å². The van der Waals surface area contributed by atoms with E-state index >= 15 is 0 Å². The topological polar surface area (TPSA) is 50.9 Å². The normalized spacial score (nSPS) is 15.6. The average molecular weight is 185 g/mol. The SMILES string of the molecule is N#Cc1ccc(N2CCCC2=N)cc1. The monoisotopic (exact) mass is 185 g/mol. The zero-order chi connectivity index (χ0) is 9.97. The summed E-state index contributed by atoms with van der Waals surface area (Å²) < 4.78 is 0. The predicted octanol–water partition coefficient (Wildman–Crippen LogP) is 2.14. The highest BCUT2D eigenvalue weighted by molar-refractivity contribution is 5.97. The van der Waals surface area contributed by atoms with E-state index in [1.165, 1.54) is 0 Å². The molecule has 1 aromatic rings. The van der Waals surface area contributed by atoms with Gasteiger partial charge in [0.25, 0.3) is 0 Å². The number of rotatable bonds is 1. The fourth-order valence-electron chi connectivity index (χ4n) is 1.68. The van der Waals surface area contributed by atoms with Gasteiger partial charge in [0.2, 0.25) is 0 Å². The molecule has 0 radical (unpaired) electrons. The Hall–Kier alpha value is -1.82. The van der Waals surface area contributed by atoms with Crippen molar-refractivity contribution in [2.75, 3.05) is 11.4 Å². The van der Waals surface area contributed by atoms with Gasteiger partial charge in [-0.15, -0.1) is 0 Å². The molecule has 70 valence electrons. The third-order valence-corrected chi connectivity index (χ3v) is 2.43. The second-order valence-electron chi connectivity index (χ2n) is 3.36. The van der Waals surface area contributed by atoms with Gasteiger partial charge in [-0.1, -0.05) is 0 Å². The van der Waals surface area contributed by atoms with E-state index in [0.29, 0.717) is 11.4 Å². The maximum absolute atomic E-state index is 8.64. The molecular formula is C11H11N3. The first-order chi connectivity index (χ1) is 6.81. The molecule has 2 rings (SSSR count). The van der Waals surface area contributed by atoms with E-state index in [0.717, 1.165) is 25.1 Å². The highest BCUT2D eigenvalue weighted by Crippen LogP contribution is 2.21. The van der Waals surface area contributed by atoms with Crippen molar-refractivity contribution in [3.8, 4) is 6.07 Å². The number of nitrogens with zero attached hydrogens (tertiary/aromatic N) is 2. The summed E-state index contributed by atoms with van der Waals surface area (Å²) in [6.07, 6.45) is 1.92. The minimum atomic E-state index is 0.666. The third-order valence-electron chi connectivity index (χ3n) is 2.43. The molecule has 1 saturated heterocycles. The molecule has 3 nitrogen and oxygen atoms in total. The van der Waals surface area contributed by atoms with Crippen LogP contribution in [0.4, 0.5) is 5.69 Å². The van der Waals surface area contributed by atoms with Gasteiger partial charge in [-0.25, -0.2) is 0 Å². The Labute approximate surface area is 83.1 Å². The largest absolute Gasteiger partial charge is 0.330 e. The average Bonchev–Trinajstić information content (AvgIpc) is 2.65. The maximum atomic E-state index is 8.64. The Balaban J connectivity index is 2.25. The quantitative estimate of drug-likeness (QED) is 0.728. The predicted molar refractivity (Wildman–Crippen MR) is 55.5 cm³/mol. The summed E-state index contributed by atoms with van der Waals surface area (Å²) in [5.74, 6) is 0.676. The molecule has 0 aliphatic carbocycles. The van der Waals surface area contributed by atoms with Gasteiger partial charge in [0.15, 0.2) is 0 Å². The molecule has 3 heteroatoms. The van der Waals surface area contributed by atoms with Crippen LogP contribution < -0.4 is 4.90 Å². The zero-order valence-electron chi connectivity index (χ0n) is 7.83. The van der Waals surface area contributed by atoms with Gasteiger partial charge in [0, 0.05) is 18.7 Å². The van der Waals surface area contributed by atoms with Crippen molar-refractivity contribution in [3.63, 3.8) is 0 Å². The molecule has 1 N–H and O–H groups in total. The van der Waals surface area contributed by atoms with Crippen LogP contribution >= 0.6 is 0 Å². The van der Waals surface area contributed by atoms with Gasteiger partial charge in [-0.05, 0) is 30.7 Å². The number of amidine groups is 1. The van der Waals surface area contributed by atoms with Crippen LogP contribution in [-0.4, -0.2) is 12.4 Å². The van der Waals surface area contributed by atoms with Crippen molar-refractivity contribution in [1.29, 1.82) is 10.7 Å². The molecule has 0 saturated carbocycles. The lowest BCUT2D eigenvalue weighted by atomic mass is 10.2. The van der Waals surface area contributed by atoms with Crippen LogP contribution in [0.15, 0.2) is 24.3 Å². The van der Waals surface area contributed by atoms with Crippen molar-refractivity contribution >= 4 is 11.5 Å². The Bertz CT molecular complexity index is 386. The Kier molecular flexibility index (Phi) is 2.19. The number of nitriles is 1. The van der Waals surface area contributed by atoms with Gasteiger partial charge in [-0.3, -0.25) is 5.41 Å². The smallest absolute Gasteiger partial charge is 0.100 e. The van der Waals surface area contributed by atoms with E-state index in [1.54, 1.807) is 12.1 Å². The first-order valence-corrected chi connectivity index (χ1v) is 4.66. The van der Waals surface area contributed by atoms with Gasteiger partial charge < -0.3 is 4.90 Å². The lowest BCUT2D eigenvalue weighted by Gasteiger charge is -2.17. The molecule has 0 spiro atoms. The fraction of sp³-hybridized carbons (Fsp3) is 0.273. The summed E-state index contributed by atoms with van der Waals surface area (Å²) in [7, 11) is 0. The Morgan fingerprint density at radius 3 is 2.50 bits per heavy atom. The summed E-state index contributed by atoms with van der Waals surface area (Å²) in [4.78, 5) is 1.99. The molecule has 1 heterocycles. The lowest BCUT2D eigenvalue weighted by Crippen LogP contribution is -2.22. The van der Waals surface area contributed by atoms with Crippen molar-refractivity contribution in [2.45, 2.75) is 12.8 Å². The van der Waals surface area contributed by atoms with E-state index in [2.05, 4.69) is 6.07 Å². The van der Waals surface area contributed by atoms with Crippen LogP contribution in [-0.2, 0) is 0 Å². The molecule has 1 aromatic carbocycles. The number of hydrogen-bond acceptors (Lipinski definition) is 2. The first-order valence-electron chi connectivity index (χ1n) is 4.66. The van der Waals surface area contributed by atoms with Crippen molar-refractivity contribution in [2.24, 2.45) is 0 Å². The summed E-state index contributed by atoms with van der Waals surface area (Å²) >= 11 is 0. The molecule has 14 heavy (non-hydrogen) atoms. The van der Waals surface area contributed by atoms with Crippen LogP contribution in [0.1, 0.15) is 18.4 Å². The Morgan fingerprint density at radius 2 is 2.00 bits per heavy atom. The Morgan fingerprint density at radius 1 is 1.29 bits per heavy atom. The highest BCUT2D eigenvalue weighted by Gasteiger charge is 2.17. The number of benzene rings is 1. The van der Waals surface area contributed by atoms with Gasteiger partial charge in [-0.2, -0.15) is 5.26 Å². The van der Waals surface area contributed by atoms with Crippen LogP contribution in [0.25, 0.3) is 0 Å². The van der Waals surface area contributed by atoms with E-state index in [4.69, 9.17) is 10.7 Å². The summed E-state index contributed by atoms with van der Waals surface area (Å²) in [6, 6.07) is 9.47. The van der Waals surface area contributed by atoms with E-state index in [9.17, 15) is 0 Å².